The molecule has 0 N–H and O–H groups in total. The molecule has 1 saturated heterocycles. The summed E-state index contributed by atoms with van der Waals surface area (Å²) >= 11 is 0. The fourth-order valence-corrected chi connectivity index (χ4v) is 4.28. The molecule has 1 amide bonds. The van der Waals surface area contributed by atoms with Gasteiger partial charge in [0.1, 0.15) is 5.60 Å². The third kappa shape index (κ3) is 5.64. The van der Waals surface area contributed by atoms with Gasteiger partial charge in [0.25, 0.3) is 5.89 Å². The zero-order chi connectivity index (χ0) is 24.5. The number of hydrogen-bond acceptors (Lipinski definition) is 8. The monoisotopic (exact) mass is 467 g/mol. The Bertz CT molecular complexity index is 1130. The highest BCUT2D eigenvalue weighted by Gasteiger charge is 2.31. The minimum absolute atomic E-state index is 0.0843. The van der Waals surface area contributed by atoms with Crippen LogP contribution in [0.3, 0.4) is 0 Å². The van der Waals surface area contributed by atoms with Crippen molar-refractivity contribution >= 4 is 6.09 Å². The quantitative estimate of drug-likeness (QED) is 0.545. The van der Waals surface area contributed by atoms with Crippen LogP contribution in [0.1, 0.15) is 55.8 Å². The van der Waals surface area contributed by atoms with Crippen LogP contribution in [0.2, 0.25) is 0 Å². The number of amides is 1. The number of nitrogens with zero attached hydrogens (tertiary/aromatic N) is 5. The second-order valence-electron chi connectivity index (χ2n) is 10.0. The zero-order valence-corrected chi connectivity index (χ0v) is 20.8. The molecule has 1 aliphatic rings. The number of aryl methyl sites for hydroxylation is 1. The summed E-state index contributed by atoms with van der Waals surface area (Å²) in [7, 11) is 0. The molecular formula is C25H33N5O4. The van der Waals surface area contributed by atoms with Crippen LogP contribution in [-0.2, 0) is 17.7 Å². The van der Waals surface area contributed by atoms with E-state index in [0.717, 1.165) is 25.2 Å². The van der Waals surface area contributed by atoms with E-state index in [9.17, 15) is 4.79 Å². The summed E-state index contributed by atoms with van der Waals surface area (Å²) in [4.78, 5) is 16.8. The molecule has 0 saturated carbocycles. The molecule has 1 aromatic carbocycles. The first kappa shape index (κ1) is 23.9. The molecule has 0 spiro atoms. The maximum absolute atomic E-state index is 12.5. The minimum atomic E-state index is -0.489. The van der Waals surface area contributed by atoms with Gasteiger partial charge in [-0.05, 0) is 58.2 Å². The lowest BCUT2D eigenvalue weighted by atomic mass is 9.96. The first-order valence-electron chi connectivity index (χ1n) is 11.6. The average Bonchev–Trinajstić information content (AvgIpc) is 3.42. The third-order valence-corrected chi connectivity index (χ3v) is 5.96. The molecule has 0 radical (unpaired) electrons. The van der Waals surface area contributed by atoms with Crippen LogP contribution in [0.5, 0.6) is 0 Å². The van der Waals surface area contributed by atoms with Crippen LogP contribution < -0.4 is 0 Å². The van der Waals surface area contributed by atoms with E-state index in [1.165, 1.54) is 16.7 Å². The van der Waals surface area contributed by atoms with Gasteiger partial charge in [0.2, 0.25) is 11.7 Å². The van der Waals surface area contributed by atoms with Crippen molar-refractivity contribution < 1.29 is 18.5 Å². The SMILES string of the molecule is Cc1cc(Cc2nnc(-c3ccno3)o2)c(C)c(CN2CCN(C(=O)OC(C)(C)C)[C@@H](C)C2)c1. The summed E-state index contributed by atoms with van der Waals surface area (Å²) in [6.07, 6.45) is 1.85. The van der Waals surface area contributed by atoms with Crippen molar-refractivity contribution in [3.63, 3.8) is 0 Å². The first-order valence-corrected chi connectivity index (χ1v) is 11.6. The Hall–Kier alpha value is -3.20. The van der Waals surface area contributed by atoms with E-state index >= 15 is 0 Å². The largest absolute Gasteiger partial charge is 0.444 e. The zero-order valence-electron chi connectivity index (χ0n) is 20.8. The molecule has 2 aromatic heterocycles. The second-order valence-corrected chi connectivity index (χ2v) is 10.0. The molecule has 9 heteroatoms. The summed E-state index contributed by atoms with van der Waals surface area (Å²) in [5, 5.41) is 11.9. The van der Waals surface area contributed by atoms with Crippen molar-refractivity contribution in [2.24, 2.45) is 0 Å². The van der Waals surface area contributed by atoms with E-state index in [1.54, 1.807) is 12.3 Å². The molecule has 0 unspecified atom stereocenters. The lowest BCUT2D eigenvalue weighted by Gasteiger charge is -2.40. The molecule has 4 rings (SSSR count). The van der Waals surface area contributed by atoms with Crippen molar-refractivity contribution in [3.05, 3.63) is 52.5 Å². The van der Waals surface area contributed by atoms with Gasteiger partial charge in [-0.2, -0.15) is 0 Å². The summed E-state index contributed by atoms with van der Waals surface area (Å²) in [5.41, 5.74) is 4.33. The summed E-state index contributed by atoms with van der Waals surface area (Å²) in [5.74, 6) is 1.32. The van der Waals surface area contributed by atoms with Crippen molar-refractivity contribution in [2.45, 2.75) is 66.2 Å². The molecule has 0 bridgehead atoms. The normalized spacial score (nSPS) is 17.2. The molecule has 1 atom stereocenters. The summed E-state index contributed by atoms with van der Waals surface area (Å²) < 4.78 is 16.5. The number of piperazine rings is 1. The standard InChI is InChI=1S/C25H33N5O4/c1-16-11-19(13-22-27-28-23(32-22)21-7-8-26-34-21)18(3)20(12-16)15-29-9-10-30(17(2)14-29)24(31)33-25(4,5)6/h7-8,11-12,17H,9-10,13-15H2,1-6H3/t17-/m0/s1. The van der Waals surface area contributed by atoms with Crippen molar-refractivity contribution in [2.75, 3.05) is 19.6 Å². The number of aromatic nitrogens is 3. The number of rotatable bonds is 5. The number of benzene rings is 1. The fourth-order valence-electron chi connectivity index (χ4n) is 4.28. The maximum Gasteiger partial charge on any atom is 0.410 e. The van der Waals surface area contributed by atoms with Gasteiger partial charge < -0.3 is 18.6 Å². The van der Waals surface area contributed by atoms with Gasteiger partial charge in [-0.15, -0.1) is 10.2 Å². The Labute approximate surface area is 200 Å². The van der Waals surface area contributed by atoms with E-state index in [0.29, 0.717) is 30.5 Å². The van der Waals surface area contributed by atoms with Crippen LogP contribution in [0.4, 0.5) is 4.79 Å². The van der Waals surface area contributed by atoms with Crippen molar-refractivity contribution in [3.8, 4) is 11.7 Å². The van der Waals surface area contributed by atoms with Crippen LogP contribution in [-0.4, -0.2) is 62.5 Å². The number of carbonyl (C=O) groups excluding carboxylic acids is 1. The second kappa shape index (κ2) is 9.58. The highest BCUT2D eigenvalue weighted by Crippen LogP contribution is 2.24. The molecule has 182 valence electrons. The topological polar surface area (TPSA) is 97.7 Å². The van der Waals surface area contributed by atoms with Gasteiger partial charge in [0, 0.05) is 38.3 Å². The van der Waals surface area contributed by atoms with Crippen LogP contribution in [0.15, 0.2) is 33.3 Å². The number of ether oxygens (including phenoxy) is 1. The van der Waals surface area contributed by atoms with Gasteiger partial charge in [-0.3, -0.25) is 4.90 Å². The predicted molar refractivity (Wildman–Crippen MR) is 126 cm³/mol. The molecule has 1 aliphatic heterocycles. The van der Waals surface area contributed by atoms with Gasteiger partial charge in [0.05, 0.1) is 12.6 Å². The molecule has 9 nitrogen and oxygen atoms in total. The third-order valence-electron chi connectivity index (χ3n) is 5.96. The van der Waals surface area contributed by atoms with E-state index in [2.05, 4.69) is 53.2 Å². The average molecular weight is 468 g/mol. The summed E-state index contributed by atoms with van der Waals surface area (Å²) in [6.45, 7) is 15.1. The van der Waals surface area contributed by atoms with E-state index in [1.807, 2.05) is 25.7 Å². The molecular weight excluding hydrogens is 434 g/mol. The summed E-state index contributed by atoms with van der Waals surface area (Å²) in [6, 6.07) is 6.18. The van der Waals surface area contributed by atoms with Crippen LogP contribution in [0.25, 0.3) is 11.7 Å². The van der Waals surface area contributed by atoms with E-state index in [-0.39, 0.29) is 12.1 Å². The van der Waals surface area contributed by atoms with Crippen molar-refractivity contribution in [1.82, 2.24) is 25.2 Å². The van der Waals surface area contributed by atoms with Gasteiger partial charge in [0.15, 0.2) is 0 Å². The predicted octanol–water partition coefficient (Wildman–Crippen LogP) is 4.37. The molecule has 3 aromatic rings. The van der Waals surface area contributed by atoms with Gasteiger partial charge in [-0.1, -0.05) is 22.9 Å². The molecule has 3 heterocycles. The minimum Gasteiger partial charge on any atom is -0.444 e. The highest BCUT2D eigenvalue weighted by molar-refractivity contribution is 5.68. The molecule has 34 heavy (non-hydrogen) atoms. The Kier molecular flexibility index (Phi) is 6.74. The van der Waals surface area contributed by atoms with Crippen LogP contribution >= 0.6 is 0 Å². The number of hydrogen-bond donors (Lipinski definition) is 0. The Morgan fingerprint density at radius 2 is 1.94 bits per heavy atom. The van der Waals surface area contributed by atoms with Crippen LogP contribution in [0, 0.1) is 13.8 Å². The first-order chi connectivity index (χ1) is 16.1. The highest BCUT2D eigenvalue weighted by atomic mass is 16.6. The van der Waals surface area contributed by atoms with Crippen molar-refractivity contribution in [1.29, 1.82) is 0 Å². The lowest BCUT2D eigenvalue weighted by Crippen LogP contribution is -2.54. The lowest BCUT2D eigenvalue weighted by molar-refractivity contribution is 0.000535. The Morgan fingerprint density at radius 1 is 1.18 bits per heavy atom. The van der Waals surface area contributed by atoms with Gasteiger partial charge >= 0.3 is 6.09 Å². The maximum atomic E-state index is 12.5. The Morgan fingerprint density at radius 3 is 2.62 bits per heavy atom. The molecule has 0 aliphatic carbocycles. The van der Waals surface area contributed by atoms with Gasteiger partial charge in [-0.25, -0.2) is 4.79 Å². The number of carbonyl (C=O) groups is 1. The fraction of sp³-hybridized carbons (Fsp3) is 0.520. The smallest absolute Gasteiger partial charge is 0.410 e. The Balaban J connectivity index is 1.43. The van der Waals surface area contributed by atoms with E-state index < -0.39 is 5.60 Å². The molecule has 1 fully saturated rings. The van der Waals surface area contributed by atoms with E-state index in [4.69, 9.17) is 13.7 Å².